The summed E-state index contributed by atoms with van der Waals surface area (Å²) in [5.41, 5.74) is 3.21. The molecule has 8 heteroatoms. The number of amides is 1. The van der Waals surface area contributed by atoms with Gasteiger partial charge in [-0.3, -0.25) is 9.36 Å². The van der Waals surface area contributed by atoms with Gasteiger partial charge in [-0.2, -0.15) is 0 Å². The second-order valence-corrected chi connectivity index (χ2v) is 9.29. The Labute approximate surface area is 208 Å². The number of fused-ring (bicyclic) bond motifs is 1. The molecule has 0 radical (unpaired) electrons. The van der Waals surface area contributed by atoms with Crippen molar-refractivity contribution in [2.45, 2.75) is 24.5 Å². The predicted octanol–water partition coefficient (Wildman–Crippen LogP) is 4.73. The fourth-order valence-corrected chi connectivity index (χ4v) is 4.68. The number of carbonyl (C=O) groups is 1. The van der Waals surface area contributed by atoms with Crippen LogP contribution >= 0.6 is 11.8 Å². The van der Waals surface area contributed by atoms with Crippen LogP contribution in [0.1, 0.15) is 24.0 Å². The van der Waals surface area contributed by atoms with Crippen molar-refractivity contribution in [3.63, 3.8) is 0 Å². The van der Waals surface area contributed by atoms with Gasteiger partial charge in [0.2, 0.25) is 12.7 Å². The minimum Gasteiger partial charge on any atom is -0.454 e. The Morgan fingerprint density at radius 1 is 1.00 bits per heavy atom. The van der Waals surface area contributed by atoms with Gasteiger partial charge in [-0.25, -0.2) is 0 Å². The molecule has 0 aliphatic carbocycles. The summed E-state index contributed by atoms with van der Waals surface area (Å²) in [4.78, 5) is 12.6. The van der Waals surface area contributed by atoms with E-state index in [1.807, 2.05) is 71.3 Å². The first-order chi connectivity index (χ1) is 17.2. The lowest BCUT2D eigenvalue weighted by Crippen LogP contribution is -2.29. The van der Waals surface area contributed by atoms with Gasteiger partial charge in [0.05, 0.1) is 12.3 Å². The van der Waals surface area contributed by atoms with Crippen LogP contribution in [0.15, 0.2) is 84.0 Å². The normalized spacial score (nSPS) is 12.9. The molecule has 178 valence electrons. The van der Waals surface area contributed by atoms with Gasteiger partial charge >= 0.3 is 0 Å². The van der Waals surface area contributed by atoms with E-state index in [4.69, 9.17) is 9.47 Å². The summed E-state index contributed by atoms with van der Waals surface area (Å²) in [5.74, 6) is 2.70. The summed E-state index contributed by atoms with van der Waals surface area (Å²) in [5, 5.41) is 12.6. The van der Waals surface area contributed by atoms with Gasteiger partial charge < -0.3 is 14.8 Å². The van der Waals surface area contributed by atoms with Crippen molar-refractivity contribution in [3.8, 4) is 22.9 Å². The molecule has 0 fully saturated rings. The summed E-state index contributed by atoms with van der Waals surface area (Å²) in [6.07, 6.45) is 0. The zero-order valence-electron chi connectivity index (χ0n) is 19.4. The van der Waals surface area contributed by atoms with Crippen molar-refractivity contribution in [3.05, 3.63) is 90.0 Å². The molecule has 0 unspecified atom stereocenters. The molecule has 1 aliphatic rings. The van der Waals surface area contributed by atoms with Gasteiger partial charge in [0.1, 0.15) is 0 Å². The van der Waals surface area contributed by atoms with Gasteiger partial charge in [-0.15, -0.1) is 10.2 Å². The van der Waals surface area contributed by atoms with Crippen LogP contribution in [0.3, 0.4) is 0 Å². The van der Waals surface area contributed by atoms with Crippen molar-refractivity contribution >= 4 is 17.7 Å². The number of benzene rings is 3. The molecule has 5 rings (SSSR count). The molecule has 2 heterocycles. The first kappa shape index (κ1) is 23.0. The van der Waals surface area contributed by atoms with E-state index < -0.39 is 0 Å². The second-order valence-electron chi connectivity index (χ2n) is 8.35. The summed E-state index contributed by atoms with van der Waals surface area (Å²) >= 11 is 1.38. The molecule has 3 aromatic carbocycles. The van der Waals surface area contributed by atoms with Crippen LogP contribution in [0.4, 0.5) is 0 Å². The van der Waals surface area contributed by atoms with Crippen molar-refractivity contribution in [2.24, 2.45) is 0 Å². The van der Waals surface area contributed by atoms with E-state index in [0.29, 0.717) is 18.2 Å². The second kappa shape index (κ2) is 10.7. The molecule has 1 aromatic heterocycles. The lowest BCUT2D eigenvalue weighted by atomic mass is 10.0. The van der Waals surface area contributed by atoms with Crippen LogP contribution in [-0.4, -0.2) is 39.8 Å². The third-order valence-corrected chi connectivity index (χ3v) is 6.80. The first-order valence-electron chi connectivity index (χ1n) is 11.5. The zero-order chi connectivity index (χ0) is 24.0. The molecule has 0 saturated heterocycles. The number of rotatable bonds is 9. The fraction of sp³-hybridized carbons (Fsp3) is 0.222. The van der Waals surface area contributed by atoms with Crippen LogP contribution in [0.25, 0.3) is 11.4 Å². The Morgan fingerprint density at radius 2 is 1.74 bits per heavy atom. The summed E-state index contributed by atoms with van der Waals surface area (Å²) < 4.78 is 13.0. The standard InChI is InChI=1S/C27H26N4O3S/c1-19(21-8-4-2-5-9-21)15-28-25(32)17-35-27-30-29-26(22-10-6-3-7-11-22)31(27)16-20-12-13-23-24(14-20)34-18-33-23/h2-14,19H,15-18H2,1H3,(H,28,32)/t19-/m1/s1. The van der Waals surface area contributed by atoms with Gasteiger partial charge in [0.25, 0.3) is 0 Å². The SMILES string of the molecule is C[C@H](CNC(=O)CSc1nnc(-c2ccccc2)n1Cc1ccc2c(c1)OCO2)c1ccccc1. The van der Waals surface area contributed by atoms with E-state index in [1.54, 1.807) is 0 Å². The number of ether oxygens (including phenoxy) is 2. The Hall–Kier alpha value is -3.78. The largest absolute Gasteiger partial charge is 0.454 e. The number of nitrogens with one attached hydrogen (secondary N) is 1. The Morgan fingerprint density at radius 3 is 2.54 bits per heavy atom. The van der Waals surface area contributed by atoms with Gasteiger partial charge in [0, 0.05) is 12.1 Å². The molecule has 7 nitrogen and oxygen atoms in total. The highest BCUT2D eigenvalue weighted by Crippen LogP contribution is 2.33. The first-order valence-corrected chi connectivity index (χ1v) is 12.5. The van der Waals surface area contributed by atoms with Crippen LogP contribution in [-0.2, 0) is 11.3 Å². The van der Waals surface area contributed by atoms with Crippen molar-refractivity contribution in [1.29, 1.82) is 0 Å². The van der Waals surface area contributed by atoms with Crippen molar-refractivity contribution < 1.29 is 14.3 Å². The molecule has 0 saturated carbocycles. The smallest absolute Gasteiger partial charge is 0.231 e. The highest BCUT2D eigenvalue weighted by molar-refractivity contribution is 7.99. The molecule has 0 bridgehead atoms. The highest BCUT2D eigenvalue weighted by atomic mass is 32.2. The van der Waals surface area contributed by atoms with Gasteiger partial charge in [0.15, 0.2) is 22.5 Å². The van der Waals surface area contributed by atoms with Gasteiger partial charge in [-0.1, -0.05) is 85.4 Å². The number of hydrogen-bond acceptors (Lipinski definition) is 6. The average molecular weight is 487 g/mol. The lowest BCUT2D eigenvalue weighted by molar-refractivity contribution is -0.118. The Bertz CT molecular complexity index is 1290. The van der Waals surface area contributed by atoms with E-state index in [2.05, 4.69) is 34.6 Å². The number of aromatic nitrogens is 3. The molecule has 1 aliphatic heterocycles. The summed E-state index contributed by atoms with van der Waals surface area (Å²) in [7, 11) is 0. The highest BCUT2D eigenvalue weighted by Gasteiger charge is 2.19. The van der Waals surface area contributed by atoms with E-state index in [-0.39, 0.29) is 24.4 Å². The number of hydrogen-bond donors (Lipinski definition) is 1. The van der Waals surface area contributed by atoms with Gasteiger partial charge in [-0.05, 0) is 29.2 Å². The monoisotopic (exact) mass is 486 g/mol. The number of thioether (sulfide) groups is 1. The van der Waals surface area contributed by atoms with E-state index >= 15 is 0 Å². The molecule has 0 spiro atoms. The Balaban J connectivity index is 1.29. The van der Waals surface area contributed by atoms with Crippen molar-refractivity contribution in [1.82, 2.24) is 20.1 Å². The third kappa shape index (κ3) is 5.49. The summed E-state index contributed by atoms with van der Waals surface area (Å²) in [6.45, 7) is 3.47. The predicted molar refractivity (Wildman–Crippen MR) is 136 cm³/mol. The minimum absolute atomic E-state index is 0.0309. The molecular formula is C27H26N4O3S. The minimum atomic E-state index is -0.0309. The number of nitrogens with zero attached hydrogens (tertiary/aromatic N) is 3. The molecule has 1 amide bonds. The molecule has 35 heavy (non-hydrogen) atoms. The maximum absolute atomic E-state index is 12.6. The average Bonchev–Trinajstić information content (AvgIpc) is 3.53. The maximum atomic E-state index is 12.6. The van der Waals surface area contributed by atoms with Crippen LogP contribution in [0.2, 0.25) is 0 Å². The molecule has 1 N–H and O–H groups in total. The third-order valence-electron chi connectivity index (χ3n) is 5.83. The number of carbonyl (C=O) groups excluding carboxylic acids is 1. The summed E-state index contributed by atoms with van der Waals surface area (Å²) in [6, 6.07) is 26.0. The molecule has 1 atom stereocenters. The fourth-order valence-electron chi connectivity index (χ4n) is 3.91. The van der Waals surface area contributed by atoms with E-state index in [1.165, 1.54) is 17.3 Å². The topological polar surface area (TPSA) is 78.3 Å². The van der Waals surface area contributed by atoms with Crippen LogP contribution in [0, 0.1) is 0 Å². The van der Waals surface area contributed by atoms with Crippen LogP contribution < -0.4 is 14.8 Å². The quantitative estimate of drug-likeness (QED) is 0.345. The van der Waals surface area contributed by atoms with E-state index in [9.17, 15) is 4.79 Å². The lowest BCUT2D eigenvalue weighted by Gasteiger charge is -2.13. The van der Waals surface area contributed by atoms with Crippen molar-refractivity contribution in [2.75, 3.05) is 19.1 Å². The van der Waals surface area contributed by atoms with E-state index in [0.717, 1.165) is 28.5 Å². The van der Waals surface area contributed by atoms with Crippen LogP contribution in [0.5, 0.6) is 11.5 Å². The molecular weight excluding hydrogens is 460 g/mol. The maximum Gasteiger partial charge on any atom is 0.231 e. The zero-order valence-corrected chi connectivity index (χ0v) is 20.2. The Kier molecular flexibility index (Phi) is 6.99. The molecule has 4 aromatic rings.